The van der Waals surface area contributed by atoms with Gasteiger partial charge in [-0.15, -0.1) is 0 Å². The summed E-state index contributed by atoms with van der Waals surface area (Å²) in [6.07, 6.45) is 1.45. The van der Waals surface area contributed by atoms with Crippen LogP contribution in [0, 0.1) is 24.0 Å². The highest BCUT2D eigenvalue weighted by Gasteiger charge is 2.16. The second kappa shape index (κ2) is 5.41. The van der Waals surface area contributed by atoms with Crippen LogP contribution in [0.3, 0.4) is 0 Å². The van der Waals surface area contributed by atoms with Crippen molar-refractivity contribution in [2.24, 2.45) is 0 Å². The van der Waals surface area contributed by atoms with E-state index >= 15 is 0 Å². The molecular weight excluding hydrogens is 328 g/mol. The number of nitrogen functional groups attached to an aromatic ring is 1. The molecule has 0 atom stereocenters. The number of nitrogens with zero attached hydrogens (tertiary/aromatic N) is 3. The molecule has 0 aliphatic rings. The second-order valence-electron chi connectivity index (χ2n) is 4.14. The maximum absolute atomic E-state index is 11.0. The summed E-state index contributed by atoms with van der Waals surface area (Å²) in [4.78, 5) is 18.2. The summed E-state index contributed by atoms with van der Waals surface area (Å²) in [5.74, 6) is 0.613. The number of benzene rings is 1. The molecule has 0 aliphatic heterocycles. The van der Waals surface area contributed by atoms with E-state index in [1.54, 1.807) is 19.9 Å². The molecular formula is C12H11BrN4O3. The lowest BCUT2D eigenvalue weighted by Crippen LogP contribution is -1.99. The minimum Gasteiger partial charge on any atom is -0.437 e. The Balaban J connectivity index is 2.45. The van der Waals surface area contributed by atoms with Gasteiger partial charge < -0.3 is 10.5 Å². The second-order valence-corrected chi connectivity index (χ2v) is 5.00. The Morgan fingerprint density at radius 1 is 1.35 bits per heavy atom. The first-order valence-electron chi connectivity index (χ1n) is 5.60. The monoisotopic (exact) mass is 338 g/mol. The van der Waals surface area contributed by atoms with Gasteiger partial charge in [0.15, 0.2) is 0 Å². The number of aromatic nitrogens is 2. The lowest BCUT2D eigenvalue weighted by molar-refractivity contribution is -0.385. The molecule has 0 unspecified atom stereocenters. The quantitative estimate of drug-likeness (QED) is 0.680. The Bertz CT molecular complexity index is 691. The van der Waals surface area contributed by atoms with Crippen molar-refractivity contribution in [1.82, 2.24) is 9.97 Å². The average Bonchev–Trinajstić information content (AvgIpc) is 2.36. The van der Waals surface area contributed by atoms with Crippen molar-refractivity contribution in [2.75, 3.05) is 5.73 Å². The van der Waals surface area contributed by atoms with Crippen LogP contribution >= 0.6 is 15.9 Å². The van der Waals surface area contributed by atoms with Crippen molar-refractivity contribution in [2.45, 2.75) is 13.8 Å². The molecule has 0 bridgehead atoms. The van der Waals surface area contributed by atoms with Crippen molar-refractivity contribution in [1.29, 1.82) is 0 Å². The predicted molar refractivity (Wildman–Crippen MR) is 76.8 cm³/mol. The number of hydrogen-bond donors (Lipinski definition) is 1. The van der Waals surface area contributed by atoms with E-state index in [9.17, 15) is 10.1 Å². The summed E-state index contributed by atoms with van der Waals surface area (Å²) < 4.78 is 6.09. The molecule has 8 heteroatoms. The van der Waals surface area contributed by atoms with E-state index in [0.29, 0.717) is 15.8 Å². The van der Waals surface area contributed by atoms with Gasteiger partial charge in [-0.25, -0.2) is 4.98 Å². The normalized spacial score (nSPS) is 10.3. The van der Waals surface area contributed by atoms with E-state index in [0.717, 1.165) is 5.56 Å². The molecule has 1 aromatic heterocycles. The third-order valence-electron chi connectivity index (χ3n) is 2.63. The number of nitro groups is 1. The molecule has 0 spiro atoms. The molecule has 0 radical (unpaired) electrons. The van der Waals surface area contributed by atoms with E-state index in [4.69, 9.17) is 10.5 Å². The van der Waals surface area contributed by atoms with Crippen molar-refractivity contribution in [3.05, 3.63) is 44.0 Å². The topological polar surface area (TPSA) is 104 Å². The van der Waals surface area contributed by atoms with E-state index in [1.165, 1.54) is 12.3 Å². The number of anilines is 1. The lowest BCUT2D eigenvalue weighted by atomic mass is 10.1. The van der Waals surface area contributed by atoms with Gasteiger partial charge in [0.1, 0.15) is 5.75 Å². The molecule has 7 nitrogen and oxygen atoms in total. The number of nitro benzene ring substituents is 1. The minimum absolute atomic E-state index is 0.0104. The molecule has 0 aliphatic carbocycles. The highest BCUT2D eigenvalue weighted by Crippen LogP contribution is 2.33. The Morgan fingerprint density at radius 2 is 2.05 bits per heavy atom. The Kier molecular flexibility index (Phi) is 3.84. The van der Waals surface area contributed by atoms with Crippen LogP contribution < -0.4 is 10.5 Å². The number of ether oxygens (including phenoxy) is 1. The smallest absolute Gasteiger partial charge is 0.276 e. The van der Waals surface area contributed by atoms with Crippen LogP contribution in [0.25, 0.3) is 0 Å². The fourth-order valence-electron chi connectivity index (χ4n) is 1.67. The maximum atomic E-state index is 11.0. The van der Waals surface area contributed by atoms with Crippen molar-refractivity contribution in [3.8, 4) is 11.6 Å². The van der Waals surface area contributed by atoms with Gasteiger partial charge in [-0.2, -0.15) is 4.98 Å². The highest BCUT2D eigenvalue weighted by molar-refractivity contribution is 9.10. The summed E-state index contributed by atoms with van der Waals surface area (Å²) >= 11 is 3.23. The van der Waals surface area contributed by atoms with Crippen LogP contribution in [0.4, 0.5) is 11.6 Å². The first-order valence-corrected chi connectivity index (χ1v) is 6.39. The first kappa shape index (κ1) is 14.2. The molecule has 0 amide bonds. The summed E-state index contributed by atoms with van der Waals surface area (Å²) in [5, 5.41) is 11.0. The van der Waals surface area contributed by atoms with Crippen LogP contribution in [0.15, 0.2) is 22.8 Å². The van der Waals surface area contributed by atoms with Gasteiger partial charge >= 0.3 is 0 Å². The summed E-state index contributed by atoms with van der Waals surface area (Å²) in [6, 6.07) is 3.06. The summed E-state index contributed by atoms with van der Waals surface area (Å²) in [7, 11) is 0. The SMILES string of the molecule is Cc1cc(C)c([N+](=O)[O-])cc1Oc1nc(N)ncc1Br. The third kappa shape index (κ3) is 2.85. The van der Waals surface area contributed by atoms with Gasteiger partial charge in [0.2, 0.25) is 11.8 Å². The molecule has 0 saturated carbocycles. The number of nitrogens with two attached hydrogens (primary N) is 1. The van der Waals surface area contributed by atoms with Gasteiger partial charge in [0, 0.05) is 5.56 Å². The molecule has 2 N–H and O–H groups in total. The van der Waals surface area contributed by atoms with Crippen molar-refractivity contribution < 1.29 is 9.66 Å². The number of aryl methyl sites for hydroxylation is 2. The fraction of sp³-hybridized carbons (Fsp3) is 0.167. The van der Waals surface area contributed by atoms with Crippen LogP contribution in [0.2, 0.25) is 0 Å². The molecule has 2 aromatic rings. The third-order valence-corrected chi connectivity index (χ3v) is 3.17. The van der Waals surface area contributed by atoms with Gasteiger partial charge in [-0.1, -0.05) is 0 Å². The molecule has 0 saturated heterocycles. The molecule has 0 fully saturated rings. The number of hydrogen-bond acceptors (Lipinski definition) is 6. The number of halogens is 1. The molecule has 1 heterocycles. The standard InChI is InChI=1S/C12H11BrN4O3/c1-6-3-7(2)10(4-9(6)17(18)19)20-11-8(13)5-15-12(14)16-11/h3-5H,1-2H3,(H2,14,15,16). The Hall–Kier alpha value is -2.22. The van der Waals surface area contributed by atoms with Gasteiger partial charge in [0.25, 0.3) is 5.69 Å². The zero-order chi connectivity index (χ0) is 14.9. The minimum atomic E-state index is -0.453. The molecule has 2 rings (SSSR count). The Labute approximate surface area is 123 Å². The zero-order valence-electron chi connectivity index (χ0n) is 10.8. The van der Waals surface area contributed by atoms with Crippen LogP contribution in [0.5, 0.6) is 11.6 Å². The largest absolute Gasteiger partial charge is 0.437 e. The average molecular weight is 339 g/mol. The van der Waals surface area contributed by atoms with Crippen LogP contribution in [-0.2, 0) is 0 Å². The van der Waals surface area contributed by atoms with E-state index in [2.05, 4.69) is 25.9 Å². The molecule has 20 heavy (non-hydrogen) atoms. The predicted octanol–water partition coefficient (Wildman–Crippen LogP) is 3.14. The molecule has 1 aromatic carbocycles. The van der Waals surface area contributed by atoms with E-state index in [1.807, 2.05) is 0 Å². The van der Waals surface area contributed by atoms with Crippen LogP contribution in [-0.4, -0.2) is 14.9 Å². The maximum Gasteiger partial charge on any atom is 0.276 e. The van der Waals surface area contributed by atoms with Crippen molar-refractivity contribution >= 4 is 27.6 Å². The number of rotatable bonds is 3. The summed E-state index contributed by atoms with van der Waals surface area (Å²) in [5.41, 5.74) is 6.81. The van der Waals surface area contributed by atoms with E-state index in [-0.39, 0.29) is 17.5 Å². The van der Waals surface area contributed by atoms with Crippen molar-refractivity contribution in [3.63, 3.8) is 0 Å². The summed E-state index contributed by atoms with van der Waals surface area (Å²) in [6.45, 7) is 3.47. The van der Waals surface area contributed by atoms with Gasteiger partial charge in [0.05, 0.1) is 21.7 Å². The lowest BCUT2D eigenvalue weighted by Gasteiger charge is -2.10. The Morgan fingerprint density at radius 3 is 2.70 bits per heavy atom. The van der Waals surface area contributed by atoms with E-state index < -0.39 is 4.92 Å². The van der Waals surface area contributed by atoms with Gasteiger partial charge in [-0.3, -0.25) is 10.1 Å². The first-order chi connectivity index (χ1) is 9.38. The molecule has 104 valence electrons. The fourth-order valence-corrected chi connectivity index (χ4v) is 1.94. The zero-order valence-corrected chi connectivity index (χ0v) is 12.3. The highest BCUT2D eigenvalue weighted by atomic mass is 79.9. The van der Waals surface area contributed by atoms with Crippen LogP contribution in [0.1, 0.15) is 11.1 Å². The van der Waals surface area contributed by atoms with Gasteiger partial charge in [-0.05, 0) is 41.4 Å².